The fourth-order valence-corrected chi connectivity index (χ4v) is 2.78. The zero-order valence-electron chi connectivity index (χ0n) is 12.3. The molecule has 0 aliphatic heterocycles. The molecule has 2 atom stereocenters. The summed E-state index contributed by atoms with van der Waals surface area (Å²) < 4.78 is 51.7. The first-order valence-corrected chi connectivity index (χ1v) is 7.18. The highest BCUT2D eigenvalue weighted by molar-refractivity contribution is 5.94. The van der Waals surface area contributed by atoms with Crippen molar-refractivity contribution >= 4 is 18.3 Å². The normalized spacial score (nSPS) is 21.4. The topological polar surface area (TPSA) is 55.1 Å². The van der Waals surface area contributed by atoms with Crippen molar-refractivity contribution in [2.45, 2.75) is 37.9 Å². The van der Waals surface area contributed by atoms with Gasteiger partial charge in [0.2, 0.25) is 0 Å². The van der Waals surface area contributed by atoms with E-state index in [0.717, 1.165) is 37.8 Å². The summed E-state index contributed by atoms with van der Waals surface area (Å²) >= 11 is 0. The van der Waals surface area contributed by atoms with Gasteiger partial charge in [-0.3, -0.25) is 4.79 Å². The minimum absolute atomic E-state index is 0. The molecule has 0 aromatic heterocycles. The van der Waals surface area contributed by atoms with Crippen LogP contribution in [0.2, 0.25) is 0 Å². The summed E-state index contributed by atoms with van der Waals surface area (Å²) in [6.07, 6.45) is -1.27. The maximum atomic E-state index is 13.8. The van der Waals surface area contributed by atoms with E-state index >= 15 is 0 Å². The molecular formula is C15H19ClF4N2O. The number of nitrogens with two attached hydrogens (primary N) is 1. The van der Waals surface area contributed by atoms with Gasteiger partial charge in [-0.1, -0.05) is 12.5 Å². The van der Waals surface area contributed by atoms with Gasteiger partial charge in [0.15, 0.2) is 0 Å². The Bertz CT molecular complexity index is 551. The molecule has 1 saturated carbocycles. The summed E-state index contributed by atoms with van der Waals surface area (Å²) in [6, 6.07) is 2.77. The van der Waals surface area contributed by atoms with Gasteiger partial charge in [-0.05, 0) is 37.3 Å². The fraction of sp³-hybridized carbons (Fsp3) is 0.533. The SMILES string of the molecule is Cl.NC1CCCC(CNC(=O)c2cccc(C(F)(F)F)c2F)C1. The molecule has 0 heterocycles. The molecule has 0 saturated heterocycles. The molecule has 3 N–H and O–H groups in total. The van der Waals surface area contributed by atoms with Crippen LogP contribution in [0.1, 0.15) is 41.6 Å². The van der Waals surface area contributed by atoms with Gasteiger partial charge in [-0.25, -0.2) is 4.39 Å². The van der Waals surface area contributed by atoms with Crippen molar-refractivity contribution in [3.05, 3.63) is 35.1 Å². The lowest BCUT2D eigenvalue weighted by atomic mass is 9.86. The van der Waals surface area contributed by atoms with Gasteiger partial charge in [-0.2, -0.15) is 13.2 Å². The third kappa shape index (κ3) is 5.07. The van der Waals surface area contributed by atoms with E-state index < -0.39 is 29.0 Å². The van der Waals surface area contributed by atoms with Gasteiger partial charge in [0, 0.05) is 12.6 Å². The largest absolute Gasteiger partial charge is 0.419 e. The monoisotopic (exact) mass is 354 g/mol. The van der Waals surface area contributed by atoms with Gasteiger partial charge in [-0.15, -0.1) is 12.4 Å². The quantitative estimate of drug-likeness (QED) is 0.816. The summed E-state index contributed by atoms with van der Waals surface area (Å²) in [5.41, 5.74) is 3.82. The third-order valence-electron chi connectivity index (χ3n) is 3.92. The Kier molecular flexibility index (Phi) is 6.83. The first kappa shape index (κ1) is 19.7. The van der Waals surface area contributed by atoms with Crippen LogP contribution >= 0.6 is 12.4 Å². The smallest absolute Gasteiger partial charge is 0.352 e. The van der Waals surface area contributed by atoms with Crippen LogP contribution < -0.4 is 11.1 Å². The molecule has 0 bridgehead atoms. The second-order valence-electron chi connectivity index (χ2n) is 5.67. The summed E-state index contributed by atoms with van der Waals surface area (Å²) in [4.78, 5) is 11.9. The van der Waals surface area contributed by atoms with E-state index in [1.807, 2.05) is 0 Å². The van der Waals surface area contributed by atoms with E-state index in [1.54, 1.807) is 0 Å². The number of carbonyl (C=O) groups excluding carboxylic acids is 1. The number of rotatable bonds is 3. The average molecular weight is 355 g/mol. The van der Waals surface area contributed by atoms with Crippen LogP contribution in [0, 0.1) is 11.7 Å². The molecule has 1 aliphatic rings. The number of benzene rings is 1. The van der Waals surface area contributed by atoms with E-state index in [1.165, 1.54) is 0 Å². The van der Waals surface area contributed by atoms with Crippen LogP contribution in [0.5, 0.6) is 0 Å². The van der Waals surface area contributed by atoms with Crippen molar-refractivity contribution < 1.29 is 22.4 Å². The molecule has 1 aromatic carbocycles. The zero-order valence-corrected chi connectivity index (χ0v) is 13.1. The van der Waals surface area contributed by atoms with Crippen LogP contribution in [0.3, 0.4) is 0 Å². The predicted molar refractivity (Wildman–Crippen MR) is 80.9 cm³/mol. The van der Waals surface area contributed by atoms with Gasteiger partial charge in [0.05, 0.1) is 11.1 Å². The van der Waals surface area contributed by atoms with E-state index in [-0.39, 0.29) is 24.4 Å². The third-order valence-corrected chi connectivity index (χ3v) is 3.92. The Morgan fingerprint density at radius 2 is 2.00 bits per heavy atom. The van der Waals surface area contributed by atoms with Crippen LogP contribution in [0.15, 0.2) is 18.2 Å². The number of alkyl halides is 3. The van der Waals surface area contributed by atoms with Crippen LogP contribution in [0.25, 0.3) is 0 Å². The van der Waals surface area contributed by atoms with Crippen molar-refractivity contribution in [1.82, 2.24) is 5.32 Å². The molecule has 2 unspecified atom stereocenters. The average Bonchev–Trinajstić information content (AvgIpc) is 2.44. The Hall–Kier alpha value is -1.34. The van der Waals surface area contributed by atoms with Crippen LogP contribution in [-0.4, -0.2) is 18.5 Å². The molecule has 1 aromatic rings. The molecule has 23 heavy (non-hydrogen) atoms. The molecule has 1 aliphatic carbocycles. The first-order valence-electron chi connectivity index (χ1n) is 7.18. The van der Waals surface area contributed by atoms with E-state index in [4.69, 9.17) is 5.73 Å². The second kappa shape index (κ2) is 7.97. The Morgan fingerprint density at radius 1 is 1.30 bits per heavy atom. The van der Waals surface area contributed by atoms with Crippen LogP contribution in [-0.2, 0) is 6.18 Å². The number of amides is 1. The Labute approximate surface area is 138 Å². The lowest BCUT2D eigenvalue weighted by molar-refractivity contribution is -0.140. The minimum Gasteiger partial charge on any atom is -0.352 e. The van der Waals surface area contributed by atoms with Crippen molar-refractivity contribution in [3.8, 4) is 0 Å². The molecule has 0 radical (unpaired) electrons. The summed E-state index contributed by atoms with van der Waals surface area (Å²) in [5, 5.41) is 2.51. The van der Waals surface area contributed by atoms with Crippen LogP contribution in [0.4, 0.5) is 17.6 Å². The van der Waals surface area contributed by atoms with E-state index in [0.29, 0.717) is 12.6 Å². The lowest BCUT2D eigenvalue weighted by Gasteiger charge is -2.26. The highest BCUT2D eigenvalue weighted by Crippen LogP contribution is 2.32. The molecule has 2 rings (SSSR count). The maximum absolute atomic E-state index is 13.8. The summed E-state index contributed by atoms with van der Waals surface area (Å²) in [5.74, 6) is -2.18. The number of hydrogen-bond donors (Lipinski definition) is 2. The van der Waals surface area contributed by atoms with Crippen molar-refractivity contribution in [1.29, 1.82) is 0 Å². The summed E-state index contributed by atoms with van der Waals surface area (Å²) in [7, 11) is 0. The summed E-state index contributed by atoms with van der Waals surface area (Å²) in [6.45, 7) is 0.294. The standard InChI is InChI=1S/C15H18F4N2O.ClH/c16-13-11(5-2-6-12(13)15(17,18)19)14(22)21-8-9-3-1-4-10(20)7-9;/h2,5-6,9-10H,1,3-4,7-8,20H2,(H,21,22);1H. The molecule has 8 heteroatoms. The van der Waals surface area contributed by atoms with Gasteiger partial charge in [0.25, 0.3) is 5.91 Å². The number of nitrogens with one attached hydrogen (secondary N) is 1. The molecule has 1 amide bonds. The highest BCUT2D eigenvalue weighted by Gasteiger charge is 2.35. The molecule has 0 spiro atoms. The minimum atomic E-state index is -4.82. The number of hydrogen-bond acceptors (Lipinski definition) is 2. The zero-order chi connectivity index (χ0) is 16.3. The Morgan fingerprint density at radius 3 is 2.61 bits per heavy atom. The maximum Gasteiger partial charge on any atom is 0.419 e. The van der Waals surface area contributed by atoms with Gasteiger partial charge in [0.1, 0.15) is 5.82 Å². The van der Waals surface area contributed by atoms with Crippen molar-refractivity contribution in [2.75, 3.05) is 6.54 Å². The number of carbonyl (C=O) groups is 1. The first-order chi connectivity index (χ1) is 10.3. The van der Waals surface area contributed by atoms with Crippen molar-refractivity contribution in [3.63, 3.8) is 0 Å². The van der Waals surface area contributed by atoms with E-state index in [9.17, 15) is 22.4 Å². The Balaban J connectivity index is 0.00000264. The predicted octanol–water partition coefficient (Wildman–Crippen LogP) is 3.51. The fourth-order valence-electron chi connectivity index (χ4n) is 2.78. The molecule has 3 nitrogen and oxygen atoms in total. The lowest BCUT2D eigenvalue weighted by Crippen LogP contribution is -2.36. The molecule has 130 valence electrons. The van der Waals surface area contributed by atoms with Gasteiger partial charge < -0.3 is 11.1 Å². The number of halogens is 5. The second-order valence-corrected chi connectivity index (χ2v) is 5.67. The van der Waals surface area contributed by atoms with Crippen molar-refractivity contribution in [2.24, 2.45) is 11.7 Å². The molecular weight excluding hydrogens is 336 g/mol. The molecule has 1 fully saturated rings. The van der Waals surface area contributed by atoms with Gasteiger partial charge >= 0.3 is 6.18 Å². The van der Waals surface area contributed by atoms with E-state index in [2.05, 4.69) is 5.32 Å². The highest BCUT2D eigenvalue weighted by atomic mass is 35.5.